The van der Waals surface area contributed by atoms with Gasteiger partial charge in [-0.3, -0.25) is 9.80 Å². The number of rotatable bonds is 5. The van der Waals surface area contributed by atoms with Gasteiger partial charge < -0.3 is 4.42 Å². The fourth-order valence-corrected chi connectivity index (χ4v) is 3.79. The number of aryl methyl sites for hydroxylation is 2. The molecule has 1 fully saturated rings. The first kappa shape index (κ1) is 18.8. The minimum atomic E-state index is 0.131. The highest BCUT2D eigenvalue weighted by atomic mass is 16.4. The van der Waals surface area contributed by atoms with Crippen LogP contribution in [-0.4, -0.2) is 46.2 Å². The Morgan fingerprint density at radius 1 is 0.964 bits per heavy atom. The first-order valence-electron chi connectivity index (χ1n) is 10.0. The van der Waals surface area contributed by atoms with Crippen molar-refractivity contribution in [3.8, 4) is 11.5 Å². The second kappa shape index (κ2) is 8.25. The number of hydrogen-bond acceptors (Lipinski definition) is 5. The molecule has 2 heterocycles. The molecule has 0 radical (unpaired) electrons. The van der Waals surface area contributed by atoms with Crippen molar-refractivity contribution in [2.24, 2.45) is 0 Å². The van der Waals surface area contributed by atoms with Gasteiger partial charge in [0.05, 0.1) is 6.04 Å². The van der Waals surface area contributed by atoms with Crippen molar-refractivity contribution >= 4 is 0 Å². The third kappa shape index (κ3) is 4.16. The molecule has 1 saturated heterocycles. The third-order valence-corrected chi connectivity index (χ3v) is 5.67. The molecule has 1 aliphatic heterocycles. The molecule has 0 saturated carbocycles. The summed E-state index contributed by atoms with van der Waals surface area (Å²) in [6.07, 6.45) is 0. The standard InChI is InChI=1S/C23H28N4O/c1-17-7-6-10-20(15-17)23-25-24-22(28-23)19(3)27-13-11-26(12-14-27)16-21-9-5-4-8-18(21)2/h4-10,15,19H,11-14,16H2,1-3H3/t19-/m1/s1. The Hall–Kier alpha value is -2.50. The Balaban J connectivity index is 1.37. The number of hydrogen-bond donors (Lipinski definition) is 0. The van der Waals surface area contributed by atoms with Gasteiger partial charge in [-0.2, -0.15) is 0 Å². The maximum Gasteiger partial charge on any atom is 0.247 e. The van der Waals surface area contributed by atoms with Crippen molar-refractivity contribution in [2.75, 3.05) is 26.2 Å². The molecular formula is C23H28N4O. The van der Waals surface area contributed by atoms with E-state index in [1.165, 1.54) is 16.7 Å². The number of aromatic nitrogens is 2. The first-order chi connectivity index (χ1) is 13.6. The number of piperazine rings is 1. The van der Waals surface area contributed by atoms with E-state index in [4.69, 9.17) is 4.42 Å². The van der Waals surface area contributed by atoms with E-state index in [1.807, 2.05) is 12.1 Å². The maximum atomic E-state index is 6.00. The monoisotopic (exact) mass is 376 g/mol. The van der Waals surface area contributed by atoms with Gasteiger partial charge in [0, 0.05) is 38.3 Å². The Kier molecular flexibility index (Phi) is 5.55. The summed E-state index contributed by atoms with van der Waals surface area (Å²) in [7, 11) is 0. The van der Waals surface area contributed by atoms with Gasteiger partial charge in [0.15, 0.2) is 0 Å². The van der Waals surface area contributed by atoms with Crippen molar-refractivity contribution < 1.29 is 4.42 Å². The predicted octanol–water partition coefficient (Wildman–Crippen LogP) is 4.23. The Morgan fingerprint density at radius 3 is 2.50 bits per heavy atom. The average Bonchev–Trinajstić information content (AvgIpc) is 3.20. The molecule has 0 unspecified atom stereocenters. The highest BCUT2D eigenvalue weighted by Crippen LogP contribution is 2.25. The summed E-state index contributed by atoms with van der Waals surface area (Å²) in [6.45, 7) is 11.6. The van der Waals surface area contributed by atoms with Crippen LogP contribution in [0.2, 0.25) is 0 Å². The topological polar surface area (TPSA) is 45.4 Å². The van der Waals surface area contributed by atoms with Gasteiger partial charge in [0.2, 0.25) is 11.8 Å². The van der Waals surface area contributed by atoms with Gasteiger partial charge in [0.1, 0.15) is 0 Å². The molecule has 0 spiro atoms. The van der Waals surface area contributed by atoms with E-state index in [0.717, 1.165) is 38.3 Å². The molecule has 2 aromatic carbocycles. The summed E-state index contributed by atoms with van der Waals surface area (Å²) in [5.74, 6) is 1.30. The highest BCUT2D eigenvalue weighted by molar-refractivity contribution is 5.53. The molecule has 0 amide bonds. The molecule has 1 aromatic heterocycles. The summed E-state index contributed by atoms with van der Waals surface area (Å²) in [5.41, 5.74) is 4.96. The molecule has 0 N–H and O–H groups in total. The van der Waals surface area contributed by atoms with Gasteiger partial charge in [-0.05, 0) is 44.0 Å². The lowest BCUT2D eigenvalue weighted by Gasteiger charge is -2.37. The van der Waals surface area contributed by atoms with Crippen LogP contribution < -0.4 is 0 Å². The summed E-state index contributed by atoms with van der Waals surface area (Å²) in [6, 6.07) is 17.0. The molecule has 0 bridgehead atoms. The van der Waals surface area contributed by atoms with Crippen LogP contribution in [0.3, 0.4) is 0 Å². The Morgan fingerprint density at radius 2 is 1.75 bits per heavy atom. The van der Waals surface area contributed by atoms with Crippen LogP contribution in [0, 0.1) is 13.8 Å². The van der Waals surface area contributed by atoms with Crippen molar-refractivity contribution in [1.82, 2.24) is 20.0 Å². The smallest absolute Gasteiger partial charge is 0.247 e. The first-order valence-corrected chi connectivity index (χ1v) is 10.0. The molecule has 1 aliphatic rings. The SMILES string of the molecule is Cc1cccc(-c2nnc([C@@H](C)N3CCN(Cc4ccccc4C)CC3)o2)c1. The zero-order valence-electron chi connectivity index (χ0n) is 16.9. The second-order valence-corrected chi connectivity index (χ2v) is 7.73. The average molecular weight is 377 g/mol. The molecule has 5 heteroatoms. The van der Waals surface area contributed by atoms with Crippen LogP contribution in [0.25, 0.3) is 11.5 Å². The minimum Gasteiger partial charge on any atom is -0.419 e. The zero-order valence-corrected chi connectivity index (χ0v) is 16.9. The highest BCUT2D eigenvalue weighted by Gasteiger charge is 2.26. The van der Waals surface area contributed by atoms with Crippen LogP contribution in [0.4, 0.5) is 0 Å². The van der Waals surface area contributed by atoms with Crippen LogP contribution in [-0.2, 0) is 6.54 Å². The molecular weight excluding hydrogens is 348 g/mol. The van der Waals surface area contributed by atoms with E-state index in [9.17, 15) is 0 Å². The van der Waals surface area contributed by atoms with Gasteiger partial charge in [-0.15, -0.1) is 10.2 Å². The largest absolute Gasteiger partial charge is 0.419 e. The Bertz CT molecular complexity index is 928. The molecule has 5 nitrogen and oxygen atoms in total. The van der Waals surface area contributed by atoms with Crippen molar-refractivity contribution in [3.05, 3.63) is 71.1 Å². The lowest BCUT2D eigenvalue weighted by atomic mass is 10.1. The van der Waals surface area contributed by atoms with E-state index < -0.39 is 0 Å². The van der Waals surface area contributed by atoms with E-state index in [-0.39, 0.29) is 6.04 Å². The van der Waals surface area contributed by atoms with E-state index >= 15 is 0 Å². The molecule has 1 atom stereocenters. The fourth-order valence-electron chi connectivity index (χ4n) is 3.79. The lowest BCUT2D eigenvalue weighted by molar-refractivity contribution is 0.0875. The lowest BCUT2D eigenvalue weighted by Crippen LogP contribution is -2.46. The third-order valence-electron chi connectivity index (χ3n) is 5.67. The van der Waals surface area contributed by atoms with Crippen molar-refractivity contribution in [3.63, 3.8) is 0 Å². The molecule has 0 aliphatic carbocycles. The van der Waals surface area contributed by atoms with Gasteiger partial charge in [-0.25, -0.2) is 0 Å². The van der Waals surface area contributed by atoms with E-state index in [0.29, 0.717) is 11.8 Å². The van der Waals surface area contributed by atoms with Crippen LogP contribution in [0.5, 0.6) is 0 Å². The number of nitrogens with zero attached hydrogens (tertiary/aromatic N) is 4. The summed E-state index contributed by atoms with van der Waals surface area (Å²) < 4.78 is 6.00. The molecule has 146 valence electrons. The van der Waals surface area contributed by atoms with Crippen LogP contribution in [0.15, 0.2) is 52.9 Å². The van der Waals surface area contributed by atoms with Gasteiger partial charge >= 0.3 is 0 Å². The fraction of sp³-hybridized carbons (Fsp3) is 0.391. The van der Waals surface area contributed by atoms with Crippen molar-refractivity contribution in [2.45, 2.75) is 33.4 Å². The van der Waals surface area contributed by atoms with Crippen LogP contribution >= 0.6 is 0 Å². The van der Waals surface area contributed by atoms with Crippen molar-refractivity contribution in [1.29, 1.82) is 0 Å². The van der Waals surface area contributed by atoms with Crippen LogP contribution in [0.1, 0.15) is 35.5 Å². The quantitative estimate of drug-likeness (QED) is 0.667. The van der Waals surface area contributed by atoms with E-state index in [1.54, 1.807) is 0 Å². The number of benzene rings is 2. The summed E-state index contributed by atoms with van der Waals surface area (Å²) in [4.78, 5) is 4.96. The van der Waals surface area contributed by atoms with E-state index in [2.05, 4.69) is 77.2 Å². The van der Waals surface area contributed by atoms with Gasteiger partial charge in [0.25, 0.3) is 0 Å². The predicted molar refractivity (Wildman–Crippen MR) is 111 cm³/mol. The zero-order chi connectivity index (χ0) is 19.5. The molecule has 28 heavy (non-hydrogen) atoms. The second-order valence-electron chi connectivity index (χ2n) is 7.73. The Labute approximate surface area is 167 Å². The van der Waals surface area contributed by atoms with Gasteiger partial charge in [-0.1, -0.05) is 42.0 Å². The molecule has 3 aromatic rings. The maximum absolute atomic E-state index is 6.00. The minimum absolute atomic E-state index is 0.131. The normalized spacial score (nSPS) is 17.0. The molecule has 4 rings (SSSR count). The summed E-state index contributed by atoms with van der Waals surface area (Å²) in [5, 5.41) is 8.59. The summed E-state index contributed by atoms with van der Waals surface area (Å²) >= 11 is 0.